The Labute approximate surface area is 251 Å². The van der Waals surface area contributed by atoms with Crippen molar-refractivity contribution in [1.29, 1.82) is 0 Å². The topological polar surface area (TPSA) is 39.5 Å². The molecule has 7 heteroatoms. The Morgan fingerprint density at radius 1 is 0.929 bits per heavy atom. The van der Waals surface area contributed by atoms with E-state index in [9.17, 15) is 4.39 Å². The Bertz CT molecular complexity index is 1470. The number of allylic oxidation sites excluding steroid dienone is 1. The normalized spacial score (nSPS) is 15.1. The van der Waals surface area contributed by atoms with E-state index in [4.69, 9.17) is 9.47 Å². The van der Waals surface area contributed by atoms with Crippen LogP contribution in [0.3, 0.4) is 0 Å². The summed E-state index contributed by atoms with van der Waals surface area (Å²) in [5.41, 5.74) is 7.13. The van der Waals surface area contributed by atoms with Crippen LogP contribution >= 0.6 is 0 Å². The molecule has 0 aliphatic carbocycles. The lowest BCUT2D eigenvalue weighted by Gasteiger charge is -2.37. The van der Waals surface area contributed by atoms with E-state index in [0.29, 0.717) is 13.3 Å². The molecule has 0 amide bonds. The lowest BCUT2D eigenvalue weighted by atomic mass is 9.88. The van der Waals surface area contributed by atoms with Gasteiger partial charge in [-0.1, -0.05) is 75.1 Å². The maximum absolute atomic E-state index is 12.7. The first-order valence-corrected chi connectivity index (χ1v) is 18.9. The summed E-state index contributed by atoms with van der Waals surface area (Å²) < 4.78 is 26.7. The number of aromatic nitrogens is 2. The second-order valence-corrected chi connectivity index (χ2v) is 18.1. The highest BCUT2D eigenvalue weighted by atomic mass is 28.3. The van der Waals surface area contributed by atoms with E-state index >= 15 is 0 Å². The molecule has 4 aromatic rings. The molecule has 2 heterocycles. The lowest BCUT2D eigenvalue weighted by molar-refractivity contribution is 0.0668. The summed E-state index contributed by atoms with van der Waals surface area (Å²) in [5.74, 6) is 1.05. The summed E-state index contributed by atoms with van der Waals surface area (Å²) >= 11 is 0. The second kappa shape index (κ2) is 13.8. The molecule has 42 heavy (non-hydrogen) atoms. The molecule has 0 atom stereocenters. The van der Waals surface area contributed by atoms with Gasteiger partial charge in [-0.2, -0.15) is 5.10 Å². The number of fused-ring (bicyclic) bond motifs is 1. The summed E-state index contributed by atoms with van der Waals surface area (Å²) in [6.07, 6.45) is 2.84. The number of likely N-dealkylation sites (tertiary alicyclic amines) is 1. The number of hydrogen-bond donors (Lipinski definition) is 0. The molecule has 5 rings (SSSR count). The number of benzene rings is 3. The molecule has 1 saturated heterocycles. The zero-order valence-electron chi connectivity index (χ0n) is 25.5. The van der Waals surface area contributed by atoms with Crippen LogP contribution < -0.4 is 4.74 Å². The molecule has 0 N–H and O–H groups in total. The highest BCUT2D eigenvalue weighted by Crippen LogP contribution is 2.36. The van der Waals surface area contributed by atoms with Gasteiger partial charge in [-0.05, 0) is 64.6 Å². The Kier molecular flexibility index (Phi) is 9.93. The molecule has 0 spiro atoms. The van der Waals surface area contributed by atoms with Gasteiger partial charge in [-0.25, -0.2) is 4.68 Å². The fraction of sp³-hybridized carbons (Fsp3) is 0.400. The lowest BCUT2D eigenvalue weighted by Crippen LogP contribution is -2.49. The van der Waals surface area contributed by atoms with E-state index in [0.717, 1.165) is 66.5 Å². The van der Waals surface area contributed by atoms with Crippen LogP contribution in [-0.2, 0) is 11.5 Å². The van der Waals surface area contributed by atoms with Crippen LogP contribution in [0.1, 0.15) is 30.0 Å². The van der Waals surface area contributed by atoms with Crippen molar-refractivity contribution in [2.75, 3.05) is 39.5 Å². The van der Waals surface area contributed by atoms with Gasteiger partial charge in [0.2, 0.25) is 0 Å². The van der Waals surface area contributed by atoms with Gasteiger partial charge < -0.3 is 9.47 Å². The number of rotatable bonds is 14. The van der Waals surface area contributed by atoms with Crippen LogP contribution in [0.4, 0.5) is 4.39 Å². The van der Waals surface area contributed by atoms with Gasteiger partial charge in [0.25, 0.3) is 0 Å². The van der Waals surface area contributed by atoms with Crippen LogP contribution in [0.15, 0.2) is 79.0 Å². The third-order valence-electron chi connectivity index (χ3n) is 7.99. The average Bonchev–Trinajstić information content (AvgIpc) is 3.37. The van der Waals surface area contributed by atoms with Gasteiger partial charge in [0.15, 0.2) is 0 Å². The first-order chi connectivity index (χ1) is 20.3. The molecule has 0 saturated carbocycles. The van der Waals surface area contributed by atoms with Crippen molar-refractivity contribution in [3.8, 4) is 5.75 Å². The maximum Gasteiger partial charge on any atom is 0.139 e. The van der Waals surface area contributed by atoms with Gasteiger partial charge in [-0.15, -0.1) is 0 Å². The molecule has 0 unspecified atom stereocenters. The van der Waals surface area contributed by atoms with Crippen molar-refractivity contribution in [3.05, 3.63) is 95.7 Å². The molecular formula is C35H44FN3O2Si. The van der Waals surface area contributed by atoms with Crippen molar-refractivity contribution >= 4 is 30.1 Å². The van der Waals surface area contributed by atoms with Crippen LogP contribution in [0.5, 0.6) is 5.75 Å². The molecule has 0 radical (unpaired) electrons. The van der Waals surface area contributed by atoms with E-state index in [-0.39, 0.29) is 12.6 Å². The number of hydrogen-bond acceptors (Lipinski definition) is 4. The number of ether oxygens (including phenoxy) is 2. The van der Waals surface area contributed by atoms with Crippen LogP contribution in [0.25, 0.3) is 22.0 Å². The van der Waals surface area contributed by atoms with Crippen molar-refractivity contribution in [1.82, 2.24) is 14.7 Å². The monoisotopic (exact) mass is 585 g/mol. The zero-order chi connectivity index (χ0) is 29.5. The summed E-state index contributed by atoms with van der Waals surface area (Å²) in [6.45, 7) is 13.4. The summed E-state index contributed by atoms with van der Waals surface area (Å²) in [7, 11) is -1.13. The summed E-state index contributed by atoms with van der Waals surface area (Å²) in [5, 5.41) is 5.75. The highest BCUT2D eigenvalue weighted by Gasteiger charge is 2.25. The third kappa shape index (κ3) is 7.57. The van der Waals surface area contributed by atoms with Gasteiger partial charge >= 0.3 is 0 Å². The smallest absolute Gasteiger partial charge is 0.139 e. The van der Waals surface area contributed by atoms with E-state index < -0.39 is 8.07 Å². The van der Waals surface area contributed by atoms with Crippen molar-refractivity contribution in [2.24, 2.45) is 5.92 Å². The largest absolute Gasteiger partial charge is 0.492 e. The minimum atomic E-state index is -1.13. The predicted octanol–water partition coefficient (Wildman–Crippen LogP) is 8.00. The minimum absolute atomic E-state index is 0.202. The number of nitrogens with zero attached hydrogens (tertiary/aromatic N) is 3. The van der Waals surface area contributed by atoms with E-state index in [1.807, 2.05) is 10.9 Å². The predicted molar refractivity (Wildman–Crippen MR) is 174 cm³/mol. The average molecular weight is 586 g/mol. The summed E-state index contributed by atoms with van der Waals surface area (Å²) in [6, 6.07) is 26.8. The fourth-order valence-corrected chi connectivity index (χ4v) is 6.28. The zero-order valence-corrected chi connectivity index (χ0v) is 26.5. The van der Waals surface area contributed by atoms with Crippen LogP contribution in [0, 0.1) is 5.92 Å². The van der Waals surface area contributed by atoms with Crippen molar-refractivity contribution in [2.45, 2.75) is 45.8 Å². The summed E-state index contributed by atoms with van der Waals surface area (Å²) in [4.78, 5) is 2.24. The molecule has 5 nitrogen and oxygen atoms in total. The molecule has 0 bridgehead atoms. The first kappa shape index (κ1) is 30.2. The molecule has 1 aromatic heterocycles. The van der Waals surface area contributed by atoms with E-state index in [1.54, 1.807) is 0 Å². The SMILES string of the molecule is CC/C(=C(/c1ccc(OCCN2CC(CF)C2)cc1)c1ccc2c(cnn2COCC[Si](C)(C)C)c1)c1ccccc1. The highest BCUT2D eigenvalue weighted by molar-refractivity contribution is 6.76. The van der Waals surface area contributed by atoms with Crippen molar-refractivity contribution < 1.29 is 13.9 Å². The number of halogens is 1. The molecule has 1 fully saturated rings. The molecule has 222 valence electrons. The Hall–Kier alpha value is -3.26. The second-order valence-electron chi connectivity index (χ2n) is 12.5. The van der Waals surface area contributed by atoms with Crippen LogP contribution in [-0.4, -0.2) is 62.3 Å². The molecule has 3 aromatic carbocycles. The quantitative estimate of drug-likeness (QED) is 0.0854. The third-order valence-corrected chi connectivity index (χ3v) is 9.69. The Balaban J connectivity index is 1.38. The first-order valence-electron chi connectivity index (χ1n) is 15.2. The molecule has 1 aliphatic rings. The Morgan fingerprint density at radius 3 is 2.36 bits per heavy atom. The fourth-order valence-electron chi connectivity index (χ4n) is 5.52. The van der Waals surface area contributed by atoms with E-state index in [2.05, 4.69) is 109 Å². The molecular weight excluding hydrogens is 541 g/mol. The van der Waals surface area contributed by atoms with Gasteiger partial charge in [0.1, 0.15) is 19.1 Å². The maximum atomic E-state index is 12.7. The Morgan fingerprint density at radius 2 is 1.67 bits per heavy atom. The van der Waals surface area contributed by atoms with E-state index in [1.165, 1.54) is 16.7 Å². The van der Waals surface area contributed by atoms with Gasteiger partial charge in [-0.3, -0.25) is 9.29 Å². The van der Waals surface area contributed by atoms with Gasteiger partial charge in [0.05, 0.1) is 18.4 Å². The van der Waals surface area contributed by atoms with Gasteiger partial charge in [0, 0.05) is 45.6 Å². The number of alkyl halides is 1. The van der Waals surface area contributed by atoms with Crippen LogP contribution in [0.2, 0.25) is 25.7 Å². The molecule has 1 aliphatic heterocycles. The minimum Gasteiger partial charge on any atom is -0.492 e. The van der Waals surface area contributed by atoms with Crippen molar-refractivity contribution in [3.63, 3.8) is 0 Å². The standard InChI is InChI=1S/C35H44FN3O2Si/c1-5-33(28-9-7-6-8-10-28)35(29-11-14-32(15-12-29)41-18-17-38-24-27(22-36)25-38)30-13-16-34-31(21-30)23-37-39(34)26-40-19-20-42(2,3)4/h6-16,21,23,27H,5,17-20,22,24-26H2,1-4H3/b35-33+.